The zero-order valence-electron chi connectivity index (χ0n) is 21.9. The summed E-state index contributed by atoms with van der Waals surface area (Å²) in [7, 11) is -4.39. The van der Waals surface area contributed by atoms with Gasteiger partial charge in [0.05, 0.1) is 4.90 Å². The van der Waals surface area contributed by atoms with Crippen molar-refractivity contribution in [3.8, 4) is 0 Å². The molecule has 3 saturated heterocycles. The van der Waals surface area contributed by atoms with Gasteiger partial charge in [-0.15, -0.1) is 0 Å². The fourth-order valence-electron chi connectivity index (χ4n) is 6.02. The number of carbonyl (C=O) groups is 3. The first kappa shape index (κ1) is 27.8. The number of rotatable bonds is 9. The van der Waals surface area contributed by atoms with Crippen molar-refractivity contribution in [2.75, 3.05) is 32.7 Å². The Labute approximate surface area is 233 Å². The molecule has 0 aromatic heterocycles. The summed E-state index contributed by atoms with van der Waals surface area (Å²) in [6.45, 7) is 5.43. The van der Waals surface area contributed by atoms with Crippen LogP contribution in [0.3, 0.4) is 0 Å². The minimum absolute atomic E-state index is 0.00389. The molecule has 0 spiro atoms. The molecule has 12 heteroatoms. The van der Waals surface area contributed by atoms with Gasteiger partial charge in [0.1, 0.15) is 12.1 Å². The molecule has 0 bridgehead atoms. The predicted molar refractivity (Wildman–Crippen MR) is 145 cm³/mol. The monoisotopic (exact) mass is 576 g/mol. The number of nitrogens with zero attached hydrogens (tertiary/aromatic N) is 4. The van der Waals surface area contributed by atoms with Crippen LogP contribution in [0.4, 0.5) is 0 Å². The smallest absolute Gasteiger partial charge is 0.314 e. The zero-order chi connectivity index (χ0) is 27.7. The number of fused-ring (bicyclic) bond motifs is 1. The van der Waals surface area contributed by atoms with Gasteiger partial charge in [0.25, 0.3) is 10.0 Å². The fraction of sp³-hybridized carbons (Fsp3) is 0.519. The minimum Gasteiger partial charge on any atom is -0.355 e. The van der Waals surface area contributed by atoms with Gasteiger partial charge in [-0.05, 0) is 91.6 Å². The lowest BCUT2D eigenvalue weighted by molar-refractivity contribution is -0.163. The first-order chi connectivity index (χ1) is 18.7. The van der Waals surface area contributed by atoms with Crippen LogP contribution in [-0.2, 0) is 29.2 Å². The molecule has 5 rings (SSSR count). The van der Waals surface area contributed by atoms with Gasteiger partial charge in [0, 0.05) is 30.7 Å². The van der Waals surface area contributed by atoms with Crippen molar-refractivity contribution in [3.63, 3.8) is 0 Å². The average Bonchev–Trinajstić information content (AvgIpc) is 3.68. The summed E-state index contributed by atoms with van der Waals surface area (Å²) in [6.07, 6.45) is 4.30. The highest BCUT2D eigenvalue weighted by atomic mass is 35.5. The number of amides is 2. The predicted octanol–water partition coefficient (Wildman–Crippen LogP) is 2.65. The van der Waals surface area contributed by atoms with Gasteiger partial charge >= 0.3 is 6.47 Å². The number of likely N-dealkylation sites (tertiary alicyclic amines) is 3. The Kier molecular flexibility index (Phi) is 8.14. The zero-order valence-corrected chi connectivity index (χ0v) is 23.4. The molecule has 0 aliphatic carbocycles. The minimum atomic E-state index is -4.39. The maximum absolute atomic E-state index is 13.6. The van der Waals surface area contributed by atoms with Crippen molar-refractivity contribution in [3.05, 3.63) is 41.4 Å². The molecular formula is C27H33ClN4O6S. The number of halogens is 1. The number of hydroxylamine groups is 1. The molecule has 3 heterocycles. The third-order valence-corrected chi connectivity index (χ3v) is 9.97. The van der Waals surface area contributed by atoms with E-state index in [4.69, 9.17) is 16.4 Å². The van der Waals surface area contributed by atoms with Gasteiger partial charge < -0.3 is 19.5 Å². The lowest BCUT2D eigenvalue weighted by Crippen LogP contribution is -2.53. The highest BCUT2D eigenvalue weighted by molar-refractivity contribution is 7.89. The Bertz CT molecular complexity index is 1370. The molecule has 3 fully saturated rings. The van der Waals surface area contributed by atoms with Crippen LogP contribution in [0, 0.1) is 0 Å². The molecule has 0 radical (unpaired) electrons. The summed E-state index contributed by atoms with van der Waals surface area (Å²) in [5.41, 5.74) is 0. The van der Waals surface area contributed by atoms with E-state index in [9.17, 15) is 22.8 Å². The summed E-state index contributed by atoms with van der Waals surface area (Å²) < 4.78 is 27.6. The van der Waals surface area contributed by atoms with Gasteiger partial charge in [-0.25, -0.2) is 8.42 Å². The standard InChI is InChI=1S/C27H33ClN4O6S/c1-19(26(34)31-13-4-5-23(31)17-29-11-2-3-12-29)30-14-10-25(27(30)35)32(38-18-33)39(36,37)24-9-7-20-15-22(28)8-6-21(20)16-24/h6-9,15-16,18-19,23,25H,2-5,10-14,17H2,1H3/t19-,23-,25-/m0/s1. The Morgan fingerprint density at radius 3 is 2.54 bits per heavy atom. The Morgan fingerprint density at radius 2 is 1.79 bits per heavy atom. The summed E-state index contributed by atoms with van der Waals surface area (Å²) in [5, 5.41) is 1.88. The van der Waals surface area contributed by atoms with E-state index in [-0.39, 0.29) is 36.3 Å². The van der Waals surface area contributed by atoms with E-state index in [2.05, 4.69) is 4.90 Å². The van der Waals surface area contributed by atoms with Crippen LogP contribution in [0.25, 0.3) is 10.8 Å². The molecule has 0 N–H and O–H groups in total. The third kappa shape index (κ3) is 5.50. The lowest BCUT2D eigenvalue weighted by Gasteiger charge is -2.33. The Morgan fingerprint density at radius 1 is 1.08 bits per heavy atom. The molecule has 3 aliphatic heterocycles. The number of benzene rings is 2. The van der Waals surface area contributed by atoms with Crippen molar-refractivity contribution in [1.29, 1.82) is 0 Å². The van der Waals surface area contributed by atoms with Crippen LogP contribution in [0.1, 0.15) is 39.0 Å². The summed E-state index contributed by atoms with van der Waals surface area (Å²) >= 11 is 6.03. The maximum atomic E-state index is 13.6. The van der Waals surface area contributed by atoms with Crippen LogP contribution in [0.2, 0.25) is 5.02 Å². The third-order valence-electron chi connectivity index (χ3n) is 8.07. The summed E-state index contributed by atoms with van der Waals surface area (Å²) in [5.74, 6) is -0.700. The number of hydrogen-bond donors (Lipinski definition) is 0. The maximum Gasteiger partial charge on any atom is 0.314 e. The topological polar surface area (TPSA) is 108 Å². The summed E-state index contributed by atoms with van der Waals surface area (Å²) in [4.78, 5) is 48.8. The molecule has 0 unspecified atom stereocenters. The van der Waals surface area contributed by atoms with Gasteiger partial charge in [-0.1, -0.05) is 23.7 Å². The first-order valence-electron chi connectivity index (χ1n) is 13.4. The van der Waals surface area contributed by atoms with Crippen molar-refractivity contribution in [2.24, 2.45) is 0 Å². The second-order valence-electron chi connectivity index (χ2n) is 10.5. The van der Waals surface area contributed by atoms with Crippen LogP contribution in [-0.4, -0.2) is 96.7 Å². The van der Waals surface area contributed by atoms with Crippen molar-refractivity contribution < 1.29 is 27.6 Å². The SMILES string of the molecule is C[C@@H](C(=O)N1CCC[C@H]1CN1CCCC1)N1CC[C@H](N(OC=O)S(=O)(=O)c2ccc3cc(Cl)ccc3c2)C1=O. The van der Waals surface area contributed by atoms with E-state index in [1.807, 2.05) is 4.90 Å². The largest absolute Gasteiger partial charge is 0.355 e. The van der Waals surface area contributed by atoms with Gasteiger partial charge in [0.15, 0.2) is 0 Å². The second-order valence-corrected chi connectivity index (χ2v) is 12.7. The molecule has 10 nitrogen and oxygen atoms in total. The molecule has 210 valence electrons. The normalized spacial score (nSPS) is 23.2. The molecular weight excluding hydrogens is 544 g/mol. The average molecular weight is 577 g/mol. The number of sulfonamides is 1. The van der Waals surface area contributed by atoms with Crippen molar-refractivity contribution in [2.45, 2.75) is 62.0 Å². The summed E-state index contributed by atoms with van der Waals surface area (Å²) in [6, 6.07) is 7.56. The van der Waals surface area contributed by atoms with E-state index < -0.39 is 28.0 Å². The Balaban J connectivity index is 1.32. The van der Waals surface area contributed by atoms with Crippen LogP contribution < -0.4 is 0 Å². The van der Waals surface area contributed by atoms with E-state index in [0.29, 0.717) is 21.4 Å². The molecule has 39 heavy (non-hydrogen) atoms. The van der Waals surface area contributed by atoms with Crippen LogP contribution >= 0.6 is 11.6 Å². The van der Waals surface area contributed by atoms with Gasteiger partial charge in [-0.2, -0.15) is 0 Å². The molecule has 0 saturated carbocycles. The van der Waals surface area contributed by atoms with E-state index in [1.54, 1.807) is 31.2 Å². The van der Waals surface area contributed by atoms with Crippen molar-refractivity contribution >= 4 is 50.7 Å². The highest BCUT2D eigenvalue weighted by Gasteiger charge is 2.47. The van der Waals surface area contributed by atoms with E-state index >= 15 is 0 Å². The lowest BCUT2D eigenvalue weighted by atomic mass is 10.1. The second kappa shape index (κ2) is 11.4. The van der Waals surface area contributed by atoms with Gasteiger partial charge in [0.2, 0.25) is 11.8 Å². The number of carbonyl (C=O) groups excluding carboxylic acids is 3. The number of hydrogen-bond acceptors (Lipinski definition) is 7. The molecule has 3 aliphatic rings. The van der Waals surface area contributed by atoms with Crippen LogP contribution in [0.15, 0.2) is 41.3 Å². The van der Waals surface area contributed by atoms with Gasteiger partial charge in [-0.3, -0.25) is 14.4 Å². The highest BCUT2D eigenvalue weighted by Crippen LogP contribution is 2.30. The van der Waals surface area contributed by atoms with E-state index in [1.165, 1.54) is 29.9 Å². The fourth-order valence-corrected chi connectivity index (χ4v) is 7.60. The molecule has 2 aromatic carbocycles. The van der Waals surface area contributed by atoms with Crippen LogP contribution in [0.5, 0.6) is 0 Å². The Hall–Kier alpha value is -2.73. The first-order valence-corrected chi connectivity index (χ1v) is 15.2. The quantitative estimate of drug-likeness (QED) is 0.334. The molecule has 3 atom stereocenters. The molecule has 2 amide bonds. The van der Waals surface area contributed by atoms with Crippen molar-refractivity contribution in [1.82, 2.24) is 19.2 Å². The molecule has 2 aromatic rings. The van der Waals surface area contributed by atoms with E-state index in [0.717, 1.165) is 37.9 Å².